The van der Waals surface area contributed by atoms with Gasteiger partial charge in [0, 0.05) is 0 Å². The number of benzene rings is 1. The molecule has 0 aliphatic heterocycles. The molecule has 82 valence electrons. The van der Waals surface area contributed by atoms with E-state index in [4.69, 9.17) is 11.6 Å². The molecule has 0 N–H and O–H groups in total. The topological polar surface area (TPSA) is 26.3 Å². The van der Waals surface area contributed by atoms with Crippen LogP contribution in [-0.2, 0) is 0 Å². The zero-order chi connectivity index (χ0) is 11.6. The fourth-order valence-corrected chi connectivity index (χ4v) is 1.22. The number of ketones is 1. The van der Waals surface area contributed by atoms with Crippen molar-refractivity contribution in [1.82, 2.24) is 0 Å². The summed E-state index contributed by atoms with van der Waals surface area (Å²) in [6.45, 7) is 1.13. The molecule has 0 aliphatic carbocycles. The van der Waals surface area contributed by atoms with E-state index in [1.165, 1.54) is 18.2 Å². The minimum Gasteiger partial charge on any atom is -0.403 e. The van der Waals surface area contributed by atoms with Crippen LogP contribution in [0.2, 0.25) is 5.02 Å². The highest BCUT2D eigenvalue weighted by Gasteiger charge is 2.33. The van der Waals surface area contributed by atoms with Crippen LogP contribution in [0.4, 0.5) is 13.2 Å². The molecule has 0 heterocycles. The van der Waals surface area contributed by atoms with Crippen LogP contribution < -0.4 is 4.74 Å². The van der Waals surface area contributed by atoms with Crippen molar-refractivity contribution in [1.29, 1.82) is 0 Å². The summed E-state index contributed by atoms with van der Waals surface area (Å²) in [7, 11) is 0. The molecule has 0 unspecified atom stereocenters. The lowest BCUT2D eigenvalue weighted by Gasteiger charge is -2.12. The Bertz CT molecular complexity index is 387. The molecule has 0 saturated carbocycles. The fourth-order valence-electron chi connectivity index (χ4n) is 1.01. The van der Waals surface area contributed by atoms with Crippen LogP contribution in [0, 0.1) is 0 Å². The van der Waals surface area contributed by atoms with Gasteiger partial charge >= 0.3 is 6.36 Å². The molecule has 0 fully saturated rings. The SMILES string of the molecule is CC(=O)c1cccc(Cl)c1OC(F)(F)F. The van der Waals surface area contributed by atoms with Gasteiger partial charge in [0.2, 0.25) is 0 Å². The van der Waals surface area contributed by atoms with Gasteiger partial charge in [-0.15, -0.1) is 13.2 Å². The van der Waals surface area contributed by atoms with E-state index in [9.17, 15) is 18.0 Å². The summed E-state index contributed by atoms with van der Waals surface area (Å²) in [4.78, 5) is 11.0. The number of Topliss-reactive ketones (excluding diaryl/α,β-unsaturated/α-hetero) is 1. The van der Waals surface area contributed by atoms with Gasteiger partial charge in [0.15, 0.2) is 11.5 Å². The Morgan fingerprint density at radius 1 is 1.40 bits per heavy atom. The van der Waals surface area contributed by atoms with E-state index in [1.807, 2.05) is 0 Å². The first-order valence-corrected chi connectivity index (χ1v) is 4.24. The molecular formula is C9H6ClF3O2. The zero-order valence-corrected chi connectivity index (χ0v) is 8.32. The van der Waals surface area contributed by atoms with E-state index in [0.717, 1.165) is 6.92 Å². The first kappa shape index (κ1) is 11.8. The third kappa shape index (κ3) is 3.13. The lowest BCUT2D eigenvalue weighted by molar-refractivity contribution is -0.274. The van der Waals surface area contributed by atoms with Crippen LogP contribution in [0.3, 0.4) is 0 Å². The minimum absolute atomic E-state index is 0.195. The van der Waals surface area contributed by atoms with Crippen LogP contribution in [0.15, 0.2) is 18.2 Å². The van der Waals surface area contributed by atoms with Gasteiger partial charge in [-0.1, -0.05) is 17.7 Å². The van der Waals surface area contributed by atoms with E-state index in [0.29, 0.717) is 0 Å². The van der Waals surface area contributed by atoms with E-state index >= 15 is 0 Å². The molecule has 15 heavy (non-hydrogen) atoms. The Kier molecular flexibility index (Phi) is 3.24. The predicted molar refractivity (Wildman–Crippen MR) is 48.1 cm³/mol. The van der Waals surface area contributed by atoms with E-state index in [1.54, 1.807) is 0 Å². The number of rotatable bonds is 2. The summed E-state index contributed by atoms with van der Waals surface area (Å²) < 4.78 is 39.6. The molecule has 0 amide bonds. The molecule has 1 aromatic carbocycles. The summed E-state index contributed by atoms with van der Waals surface area (Å²) in [6, 6.07) is 3.81. The number of hydrogen-bond acceptors (Lipinski definition) is 2. The summed E-state index contributed by atoms with van der Waals surface area (Å²) >= 11 is 5.50. The Balaban J connectivity index is 3.19. The molecule has 1 rings (SSSR count). The van der Waals surface area contributed by atoms with Crippen molar-refractivity contribution in [2.75, 3.05) is 0 Å². The second-order valence-corrected chi connectivity index (χ2v) is 3.13. The number of halogens is 4. The second-order valence-electron chi connectivity index (χ2n) is 2.72. The van der Waals surface area contributed by atoms with Crippen molar-refractivity contribution in [2.24, 2.45) is 0 Å². The van der Waals surface area contributed by atoms with Gasteiger partial charge < -0.3 is 4.74 Å². The summed E-state index contributed by atoms with van der Waals surface area (Å²) in [5, 5.41) is -0.250. The normalized spacial score (nSPS) is 11.3. The summed E-state index contributed by atoms with van der Waals surface area (Å²) in [6.07, 6.45) is -4.87. The maximum Gasteiger partial charge on any atom is 0.573 e. The maximum atomic E-state index is 12.0. The maximum absolute atomic E-state index is 12.0. The molecule has 6 heteroatoms. The van der Waals surface area contributed by atoms with Gasteiger partial charge in [-0.05, 0) is 19.1 Å². The molecule has 0 aromatic heterocycles. The highest BCUT2D eigenvalue weighted by Crippen LogP contribution is 2.33. The van der Waals surface area contributed by atoms with Gasteiger partial charge in [-0.25, -0.2) is 0 Å². The molecular weight excluding hydrogens is 233 g/mol. The van der Waals surface area contributed by atoms with Gasteiger partial charge in [-0.3, -0.25) is 4.79 Å². The van der Waals surface area contributed by atoms with E-state index in [-0.39, 0.29) is 10.6 Å². The molecule has 2 nitrogen and oxygen atoms in total. The molecule has 0 atom stereocenters. The highest BCUT2D eigenvalue weighted by atomic mass is 35.5. The molecule has 0 bridgehead atoms. The quantitative estimate of drug-likeness (QED) is 0.738. The number of alkyl halides is 3. The van der Waals surface area contributed by atoms with Gasteiger partial charge in [-0.2, -0.15) is 0 Å². The molecule has 0 saturated heterocycles. The second kappa shape index (κ2) is 4.10. The number of ether oxygens (including phenoxy) is 1. The van der Waals surface area contributed by atoms with Crippen LogP contribution in [0.25, 0.3) is 0 Å². The average Bonchev–Trinajstić information content (AvgIpc) is 2.05. The van der Waals surface area contributed by atoms with Crippen molar-refractivity contribution in [3.8, 4) is 5.75 Å². The van der Waals surface area contributed by atoms with Crippen LogP contribution in [-0.4, -0.2) is 12.1 Å². The Morgan fingerprint density at radius 2 is 2.00 bits per heavy atom. The van der Waals surface area contributed by atoms with Gasteiger partial charge in [0.1, 0.15) is 0 Å². The first-order valence-electron chi connectivity index (χ1n) is 3.86. The molecule has 0 radical (unpaired) electrons. The third-order valence-corrected chi connectivity index (χ3v) is 1.86. The zero-order valence-electron chi connectivity index (χ0n) is 7.56. The molecule has 1 aromatic rings. The van der Waals surface area contributed by atoms with Crippen molar-refractivity contribution in [3.05, 3.63) is 28.8 Å². The van der Waals surface area contributed by atoms with Gasteiger partial charge in [0.25, 0.3) is 0 Å². The largest absolute Gasteiger partial charge is 0.573 e. The fraction of sp³-hybridized carbons (Fsp3) is 0.222. The minimum atomic E-state index is -4.87. The average molecular weight is 239 g/mol. The first-order chi connectivity index (χ1) is 6.81. The van der Waals surface area contributed by atoms with Crippen LogP contribution in [0.5, 0.6) is 5.75 Å². The Morgan fingerprint density at radius 3 is 2.47 bits per heavy atom. The predicted octanol–water partition coefficient (Wildman–Crippen LogP) is 3.44. The summed E-state index contributed by atoms with van der Waals surface area (Å²) in [5.41, 5.74) is -0.195. The van der Waals surface area contributed by atoms with Crippen LogP contribution in [0.1, 0.15) is 17.3 Å². The molecule has 0 spiro atoms. The highest BCUT2D eigenvalue weighted by molar-refractivity contribution is 6.32. The molecule has 0 aliphatic rings. The number of hydrogen-bond donors (Lipinski definition) is 0. The number of carbonyl (C=O) groups excluding carboxylic acids is 1. The van der Waals surface area contributed by atoms with Crippen molar-refractivity contribution >= 4 is 17.4 Å². The Hall–Kier alpha value is -1.23. The monoisotopic (exact) mass is 238 g/mol. The Labute approximate surface area is 88.6 Å². The summed E-state index contributed by atoms with van der Waals surface area (Å²) in [5.74, 6) is -1.20. The van der Waals surface area contributed by atoms with E-state index in [2.05, 4.69) is 4.74 Å². The number of carbonyl (C=O) groups is 1. The van der Waals surface area contributed by atoms with Crippen LogP contribution >= 0.6 is 11.6 Å². The van der Waals surface area contributed by atoms with Crippen molar-refractivity contribution in [3.63, 3.8) is 0 Å². The smallest absolute Gasteiger partial charge is 0.403 e. The lowest BCUT2D eigenvalue weighted by Crippen LogP contribution is -2.19. The lowest BCUT2D eigenvalue weighted by atomic mass is 10.1. The third-order valence-electron chi connectivity index (χ3n) is 1.56. The van der Waals surface area contributed by atoms with Crippen molar-refractivity contribution in [2.45, 2.75) is 13.3 Å². The van der Waals surface area contributed by atoms with Crippen molar-refractivity contribution < 1.29 is 22.7 Å². The van der Waals surface area contributed by atoms with Gasteiger partial charge in [0.05, 0.1) is 10.6 Å². The standard InChI is InChI=1S/C9H6ClF3O2/c1-5(14)6-3-2-4-7(10)8(6)15-9(11,12)13/h2-4H,1H3. The van der Waals surface area contributed by atoms with E-state index < -0.39 is 17.9 Å². The number of para-hydroxylation sites is 1.